The molecule has 1 aromatic carbocycles. The van der Waals surface area contributed by atoms with Gasteiger partial charge in [0.15, 0.2) is 11.6 Å². The van der Waals surface area contributed by atoms with Gasteiger partial charge in [-0.2, -0.15) is 10.1 Å². The second-order valence-electron chi connectivity index (χ2n) is 8.58. The predicted molar refractivity (Wildman–Crippen MR) is 112 cm³/mol. The molecule has 2 aliphatic heterocycles. The van der Waals surface area contributed by atoms with E-state index in [0.29, 0.717) is 23.7 Å². The van der Waals surface area contributed by atoms with E-state index in [1.807, 2.05) is 18.2 Å². The molecular formula is C22H25FN6O. The van der Waals surface area contributed by atoms with Gasteiger partial charge in [-0.15, -0.1) is 0 Å². The van der Waals surface area contributed by atoms with E-state index in [-0.39, 0.29) is 17.8 Å². The number of hydrogen-bond acceptors (Lipinski definition) is 6. The summed E-state index contributed by atoms with van der Waals surface area (Å²) in [5.74, 6) is 1.24. The minimum absolute atomic E-state index is 0.00812. The number of benzene rings is 1. The van der Waals surface area contributed by atoms with Gasteiger partial charge in [0.2, 0.25) is 11.9 Å². The molecule has 30 heavy (non-hydrogen) atoms. The molecule has 7 nitrogen and oxygen atoms in total. The lowest BCUT2D eigenvalue weighted by molar-refractivity contribution is -0.130. The van der Waals surface area contributed by atoms with Gasteiger partial charge in [0.05, 0.1) is 12.2 Å². The Bertz CT molecular complexity index is 982. The number of fused-ring (bicyclic) bond motifs is 1. The van der Waals surface area contributed by atoms with Crippen molar-refractivity contribution in [3.05, 3.63) is 47.9 Å². The first-order valence-corrected chi connectivity index (χ1v) is 10.4. The summed E-state index contributed by atoms with van der Waals surface area (Å²) in [5, 5.41) is 6.41. The highest BCUT2D eigenvalue weighted by atomic mass is 19.1. The van der Waals surface area contributed by atoms with Crippen molar-refractivity contribution in [3.8, 4) is 0 Å². The third kappa shape index (κ3) is 3.30. The zero-order valence-corrected chi connectivity index (χ0v) is 16.9. The Hall–Kier alpha value is -3.03. The maximum absolute atomic E-state index is 13.4. The molecular weight excluding hydrogens is 383 g/mol. The number of carbonyl (C=O) groups is 1. The summed E-state index contributed by atoms with van der Waals surface area (Å²) in [7, 11) is 0. The molecule has 0 radical (unpaired) electrons. The van der Waals surface area contributed by atoms with Crippen molar-refractivity contribution >= 4 is 23.4 Å². The van der Waals surface area contributed by atoms with Crippen molar-refractivity contribution in [1.29, 1.82) is 0 Å². The van der Waals surface area contributed by atoms with Gasteiger partial charge in [0.25, 0.3) is 0 Å². The second kappa shape index (κ2) is 7.34. The first-order chi connectivity index (χ1) is 14.5. The number of aromatic nitrogens is 2. The first-order valence-electron chi connectivity index (χ1n) is 10.4. The van der Waals surface area contributed by atoms with Crippen LogP contribution in [0.5, 0.6) is 0 Å². The average molecular weight is 408 g/mol. The summed E-state index contributed by atoms with van der Waals surface area (Å²) in [6.45, 7) is 3.27. The lowest BCUT2D eigenvalue weighted by Crippen LogP contribution is -2.25. The Balaban J connectivity index is 1.28. The minimum atomic E-state index is -0.583. The molecule has 156 valence electrons. The van der Waals surface area contributed by atoms with Gasteiger partial charge in [-0.1, -0.05) is 30.3 Å². The van der Waals surface area contributed by atoms with E-state index in [0.717, 1.165) is 49.8 Å². The third-order valence-corrected chi connectivity index (χ3v) is 6.70. The van der Waals surface area contributed by atoms with Gasteiger partial charge in [-0.3, -0.25) is 4.79 Å². The lowest BCUT2D eigenvalue weighted by atomic mass is 9.92. The highest BCUT2D eigenvalue weighted by Crippen LogP contribution is 2.45. The van der Waals surface area contributed by atoms with Crippen LogP contribution in [0.3, 0.4) is 0 Å². The fourth-order valence-electron chi connectivity index (χ4n) is 5.26. The first kappa shape index (κ1) is 19.0. The SMILES string of the molecule is CC(=O)N1N=C([C@@H]2C[C@@H]3CN(c4ncc(F)c(N)n4)C[C@@H]3C2)C[C@@H]1c1ccccc1. The molecule has 1 aliphatic carbocycles. The number of anilines is 2. The number of hydrogen-bond donors (Lipinski definition) is 1. The van der Waals surface area contributed by atoms with E-state index in [4.69, 9.17) is 10.8 Å². The zero-order valence-electron chi connectivity index (χ0n) is 16.9. The van der Waals surface area contributed by atoms with Gasteiger partial charge >= 0.3 is 0 Å². The number of rotatable bonds is 3. The number of nitrogens with two attached hydrogens (primary N) is 1. The van der Waals surface area contributed by atoms with Crippen molar-refractivity contribution < 1.29 is 9.18 Å². The van der Waals surface area contributed by atoms with Crippen molar-refractivity contribution in [2.45, 2.75) is 32.2 Å². The number of carbonyl (C=O) groups excluding carboxylic acids is 1. The molecule has 1 amide bonds. The number of amides is 1. The predicted octanol–water partition coefficient (Wildman–Crippen LogP) is 3.01. The van der Waals surface area contributed by atoms with Crippen molar-refractivity contribution in [2.24, 2.45) is 22.9 Å². The second-order valence-corrected chi connectivity index (χ2v) is 8.58. The molecule has 3 aliphatic rings. The molecule has 0 unspecified atom stereocenters. The molecule has 2 fully saturated rings. The Morgan fingerprint density at radius 3 is 2.50 bits per heavy atom. The largest absolute Gasteiger partial charge is 0.381 e. The van der Waals surface area contributed by atoms with Crippen LogP contribution in [-0.2, 0) is 4.79 Å². The van der Waals surface area contributed by atoms with E-state index in [1.54, 1.807) is 11.9 Å². The number of halogens is 1. The standard InChI is InChI=1S/C22H25FN6O/c1-13(30)29-20(14-5-3-2-4-6-14)9-19(27-29)15-7-16-11-28(12-17(16)8-15)22-25-10-18(23)21(24)26-22/h2-6,10,15-17,20H,7-9,11-12H2,1H3,(H2,24,25,26)/t15-,16-,17+,20-/m1/s1. The molecule has 1 aromatic heterocycles. The van der Waals surface area contributed by atoms with Crippen LogP contribution in [0.1, 0.15) is 37.8 Å². The number of nitrogens with zero attached hydrogens (tertiary/aromatic N) is 5. The molecule has 1 saturated heterocycles. The van der Waals surface area contributed by atoms with Crippen molar-refractivity contribution in [1.82, 2.24) is 15.0 Å². The Labute approximate surface area is 174 Å². The van der Waals surface area contributed by atoms with Crippen LogP contribution in [0.4, 0.5) is 16.2 Å². The molecule has 4 atom stereocenters. The molecule has 0 bridgehead atoms. The maximum atomic E-state index is 13.4. The summed E-state index contributed by atoms with van der Waals surface area (Å²) < 4.78 is 13.4. The number of nitrogen functional groups attached to an aromatic ring is 1. The summed E-state index contributed by atoms with van der Waals surface area (Å²) in [5.41, 5.74) is 7.87. The molecule has 1 saturated carbocycles. The van der Waals surface area contributed by atoms with Crippen LogP contribution in [0.2, 0.25) is 0 Å². The van der Waals surface area contributed by atoms with Crippen molar-refractivity contribution in [2.75, 3.05) is 23.7 Å². The number of hydrazone groups is 1. The summed E-state index contributed by atoms with van der Waals surface area (Å²) >= 11 is 0. The normalized spacial score (nSPS) is 28.0. The lowest BCUT2D eigenvalue weighted by Gasteiger charge is -2.20. The van der Waals surface area contributed by atoms with Crippen LogP contribution in [0.15, 0.2) is 41.6 Å². The van der Waals surface area contributed by atoms with Crippen LogP contribution in [-0.4, -0.2) is 39.7 Å². The van der Waals surface area contributed by atoms with Gasteiger partial charge in [-0.25, -0.2) is 14.4 Å². The van der Waals surface area contributed by atoms with Gasteiger partial charge in [0.1, 0.15) is 0 Å². The average Bonchev–Trinajstić information content (AvgIpc) is 3.43. The molecule has 3 heterocycles. The molecule has 2 aromatic rings. The fourth-order valence-corrected chi connectivity index (χ4v) is 5.26. The van der Waals surface area contributed by atoms with Crippen LogP contribution >= 0.6 is 0 Å². The van der Waals surface area contributed by atoms with Crippen LogP contribution in [0, 0.1) is 23.6 Å². The van der Waals surface area contributed by atoms with Gasteiger partial charge in [-0.05, 0) is 36.2 Å². The fraction of sp³-hybridized carbons (Fsp3) is 0.455. The molecule has 8 heteroatoms. The Kier molecular flexibility index (Phi) is 4.64. The van der Waals surface area contributed by atoms with Crippen molar-refractivity contribution in [3.63, 3.8) is 0 Å². The monoisotopic (exact) mass is 408 g/mol. The molecule has 5 rings (SSSR count). The Morgan fingerprint density at radius 2 is 1.87 bits per heavy atom. The maximum Gasteiger partial charge on any atom is 0.240 e. The topological polar surface area (TPSA) is 87.7 Å². The highest BCUT2D eigenvalue weighted by Gasteiger charge is 2.45. The van der Waals surface area contributed by atoms with E-state index < -0.39 is 5.82 Å². The van der Waals surface area contributed by atoms with Crippen LogP contribution in [0.25, 0.3) is 0 Å². The summed E-state index contributed by atoms with van der Waals surface area (Å²) in [6, 6.07) is 10.1. The zero-order chi connectivity index (χ0) is 20.8. The highest BCUT2D eigenvalue weighted by molar-refractivity contribution is 5.91. The summed E-state index contributed by atoms with van der Waals surface area (Å²) in [6.07, 6.45) is 4.03. The Morgan fingerprint density at radius 1 is 1.17 bits per heavy atom. The summed E-state index contributed by atoms with van der Waals surface area (Å²) in [4.78, 5) is 22.5. The smallest absolute Gasteiger partial charge is 0.240 e. The van der Waals surface area contributed by atoms with Gasteiger partial charge < -0.3 is 10.6 Å². The van der Waals surface area contributed by atoms with E-state index in [2.05, 4.69) is 27.0 Å². The van der Waals surface area contributed by atoms with E-state index in [9.17, 15) is 9.18 Å². The molecule has 2 N–H and O–H groups in total. The quantitative estimate of drug-likeness (QED) is 0.844. The third-order valence-electron chi connectivity index (χ3n) is 6.70. The van der Waals surface area contributed by atoms with E-state index in [1.165, 1.54) is 0 Å². The van der Waals surface area contributed by atoms with Gasteiger partial charge in [0, 0.05) is 32.1 Å². The minimum Gasteiger partial charge on any atom is -0.381 e. The molecule has 0 spiro atoms. The van der Waals surface area contributed by atoms with Crippen LogP contribution < -0.4 is 10.6 Å². The van der Waals surface area contributed by atoms with E-state index >= 15 is 0 Å².